The molecule has 0 saturated heterocycles. The monoisotopic (exact) mass is 384 g/mol. The van der Waals surface area contributed by atoms with Gasteiger partial charge in [-0.3, -0.25) is 0 Å². The summed E-state index contributed by atoms with van der Waals surface area (Å²) >= 11 is 5.88. The Labute approximate surface area is 151 Å². The molecule has 0 aliphatic carbocycles. The minimum Gasteiger partial charge on any atom is -0.495 e. The maximum atomic E-state index is 12.6. The Morgan fingerprint density at radius 3 is 2.52 bits per heavy atom. The molecule has 2 aromatic rings. The van der Waals surface area contributed by atoms with Crippen LogP contribution in [-0.4, -0.2) is 28.4 Å². The molecule has 0 atom stereocenters. The lowest BCUT2D eigenvalue weighted by Crippen LogP contribution is -2.11. The van der Waals surface area contributed by atoms with Crippen LogP contribution in [0.2, 0.25) is 5.02 Å². The van der Waals surface area contributed by atoms with E-state index >= 15 is 0 Å². The number of hydrogen-bond acceptors (Lipinski definition) is 6. The van der Waals surface area contributed by atoms with Crippen LogP contribution in [0.5, 0.6) is 17.2 Å². The predicted octanol–water partition coefficient (Wildman–Crippen LogP) is 3.39. The van der Waals surface area contributed by atoms with E-state index in [-0.39, 0.29) is 34.4 Å². The third kappa shape index (κ3) is 5.11. The van der Waals surface area contributed by atoms with Gasteiger partial charge in [-0.25, -0.2) is 0 Å². The van der Waals surface area contributed by atoms with Crippen molar-refractivity contribution in [2.45, 2.75) is 18.2 Å². The molecule has 25 heavy (non-hydrogen) atoms. The molecule has 0 aliphatic heterocycles. The number of carbonyl (C=O) groups excluding carboxylic acids is 1. The first-order valence-corrected chi connectivity index (χ1v) is 9.10. The summed E-state index contributed by atoms with van der Waals surface area (Å²) in [4.78, 5) is 10.2. The first-order chi connectivity index (χ1) is 11.9. The molecule has 2 rings (SSSR count). The van der Waals surface area contributed by atoms with Gasteiger partial charge in [0.05, 0.1) is 13.7 Å². The van der Waals surface area contributed by atoms with Crippen LogP contribution in [0.4, 0.5) is 0 Å². The van der Waals surface area contributed by atoms with Gasteiger partial charge in [0, 0.05) is 17.5 Å². The average Bonchev–Trinajstić information content (AvgIpc) is 2.54. The number of benzene rings is 2. The number of methoxy groups -OCH3 is 1. The average molecular weight is 385 g/mol. The maximum absolute atomic E-state index is 12.6. The molecule has 0 amide bonds. The first kappa shape index (κ1) is 19.1. The number of carbonyl (C=O) groups is 1. The Kier molecular flexibility index (Phi) is 6.27. The molecular formula is C17H17ClO6S. The van der Waals surface area contributed by atoms with E-state index in [0.717, 1.165) is 11.8 Å². The fourth-order valence-corrected chi connectivity index (χ4v) is 3.43. The highest BCUT2D eigenvalue weighted by Crippen LogP contribution is 2.31. The molecule has 0 fully saturated rings. The van der Waals surface area contributed by atoms with Gasteiger partial charge in [-0.15, -0.1) is 0 Å². The first-order valence-electron chi connectivity index (χ1n) is 7.32. The van der Waals surface area contributed by atoms with Gasteiger partial charge < -0.3 is 18.5 Å². The van der Waals surface area contributed by atoms with Gasteiger partial charge >= 0.3 is 10.1 Å². The van der Waals surface area contributed by atoms with E-state index in [1.165, 1.54) is 31.4 Å². The van der Waals surface area contributed by atoms with Crippen LogP contribution in [0.25, 0.3) is 0 Å². The summed E-state index contributed by atoms with van der Waals surface area (Å²) < 4.78 is 40.8. The van der Waals surface area contributed by atoms with Crippen LogP contribution in [0.3, 0.4) is 0 Å². The van der Waals surface area contributed by atoms with Crippen molar-refractivity contribution < 1.29 is 26.9 Å². The van der Waals surface area contributed by atoms with Gasteiger partial charge in [0.25, 0.3) is 0 Å². The van der Waals surface area contributed by atoms with Crippen LogP contribution in [0.15, 0.2) is 41.3 Å². The zero-order chi connectivity index (χ0) is 18.4. The Hall–Kier alpha value is -2.25. The lowest BCUT2D eigenvalue weighted by molar-refractivity contribution is -0.108. The minimum atomic E-state index is -4.16. The van der Waals surface area contributed by atoms with E-state index in [9.17, 15) is 13.2 Å². The van der Waals surface area contributed by atoms with Crippen molar-refractivity contribution in [3.05, 3.63) is 47.0 Å². The molecule has 0 aromatic heterocycles. The summed E-state index contributed by atoms with van der Waals surface area (Å²) in [5, 5.41) is 0.241. The fraction of sp³-hybridized carbons (Fsp3) is 0.235. The van der Waals surface area contributed by atoms with Crippen LogP contribution < -0.4 is 13.7 Å². The molecule has 2 aromatic carbocycles. The molecule has 0 unspecified atom stereocenters. The topological polar surface area (TPSA) is 78.9 Å². The Morgan fingerprint density at radius 2 is 1.84 bits per heavy atom. The molecule has 8 heteroatoms. The highest BCUT2D eigenvalue weighted by molar-refractivity contribution is 7.87. The van der Waals surface area contributed by atoms with Crippen molar-refractivity contribution >= 4 is 28.0 Å². The van der Waals surface area contributed by atoms with Crippen molar-refractivity contribution in [1.82, 2.24) is 0 Å². The maximum Gasteiger partial charge on any atom is 0.342 e. The van der Waals surface area contributed by atoms with Gasteiger partial charge in [-0.1, -0.05) is 11.6 Å². The Morgan fingerprint density at radius 1 is 1.12 bits per heavy atom. The molecule has 0 heterocycles. The summed E-state index contributed by atoms with van der Waals surface area (Å²) in [6, 6.07) is 8.93. The largest absolute Gasteiger partial charge is 0.495 e. The standard InChI is InChI=1S/C17H17ClO6S/c1-12-8-14(23-7-3-6-19)11-15(9-12)24-25(20,21)17-10-13(18)4-5-16(17)22-2/h4-6,8-11H,3,7H2,1-2H3. The number of aryl methyl sites for hydroxylation is 1. The highest BCUT2D eigenvalue weighted by atomic mass is 35.5. The second-order valence-corrected chi connectivity index (χ2v) is 7.07. The molecule has 0 spiro atoms. The third-order valence-electron chi connectivity index (χ3n) is 3.13. The second-order valence-electron chi connectivity index (χ2n) is 5.12. The number of halogens is 1. The van der Waals surface area contributed by atoms with Gasteiger partial charge in [0.2, 0.25) is 0 Å². The Bertz CT molecular complexity index is 863. The zero-order valence-electron chi connectivity index (χ0n) is 13.7. The van der Waals surface area contributed by atoms with E-state index in [0.29, 0.717) is 5.75 Å². The SMILES string of the molecule is COc1ccc(Cl)cc1S(=O)(=O)Oc1cc(C)cc(OCCC=O)c1. The van der Waals surface area contributed by atoms with Crippen LogP contribution in [-0.2, 0) is 14.9 Å². The summed E-state index contributed by atoms with van der Waals surface area (Å²) in [6.45, 7) is 1.97. The van der Waals surface area contributed by atoms with Crippen molar-refractivity contribution in [2.24, 2.45) is 0 Å². The predicted molar refractivity (Wildman–Crippen MR) is 93.2 cm³/mol. The number of rotatable bonds is 8. The van der Waals surface area contributed by atoms with E-state index < -0.39 is 10.1 Å². The van der Waals surface area contributed by atoms with Crippen LogP contribution in [0, 0.1) is 6.92 Å². The van der Waals surface area contributed by atoms with Crippen molar-refractivity contribution in [3.63, 3.8) is 0 Å². The van der Waals surface area contributed by atoms with Crippen molar-refractivity contribution in [1.29, 1.82) is 0 Å². The minimum absolute atomic E-state index is 0.0862. The van der Waals surface area contributed by atoms with Crippen LogP contribution >= 0.6 is 11.6 Å². The van der Waals surface area contributed by atoms with Gasteiger partial charge in [0.15, 0.2) is 0 Å². The molecule has 0 aliphatic rings. The molecule has 134 valence electrons. The summed E-state index contributed by atoms with van der Waals surface area (Å²) in [6.07, 6.45) is 0.977. The summed E-state index contributed by atoms with van der Waals surface area (Å²) in [5.74, 6) is 0.618. The van der Waals surface area contributed by atoms with E-state index in [2.05, 4.69) is 0 Å². The normalized spacial score (nSPS) is 11.0. The highest BCUT2D eigenvalue weighted by Gasteiger charge is 2.23. The smallest absolute Gasteiger partial charge is 0.342 e. The van der Waals surface area contributed by atoms with Crippen molar-refractivity contribution in [3.8, 4) is 17.2 Å². The quantitative estimate of drug-likeness (QED) is 0.394. The van der Waals surface area contributed by atoms with E-state index in [1.54, 1.807) is 19.1 Å². The fourth-order valence-electron chi connectivity index (χ4n) is 2.09. The van der Waals surface area contributed by atoms with Gasteiger partial charge in [0.1, 0.15) is 28.4 Å². The number of hydrogen-bond donors (Lipinski definition) is 0. The lowest BCUT2D eigenvalue weighted by atomic mass is 10.2. The lowest BCUT2D eigenvalue weighted by Gasteiger charge is -2.13. The van der Waals surface area contributed by atoms with Gasteiger partial charge in [-0.2, -0.15) is 8.42 Å². The molecule has 0 N–H and O–H groups in total. The second kappa shape index (κ2) is 8.22. The third-order valence-corrected chi connectivity index (χ3v) is 4.63. The van der Waals surface area contributed by atoms with Crippen molar-refractivity contribution in [2.75, 3.05) is 13.7 Å². The molecule has 0 radical (unpaired) electrons. The molecule has 6 nitrogen and oxygen atoms in total. The van der Waals surface area contributed by atoms with Crippen LogP contribution in [0.1, 0.15) is 12.0 Å². The number of aldehydes is 1. The molecule has 0 saturated carbocycles. The van der Waals surface area contributed by atoms with E-state index in [4.69, 9.17) is 25.3 Å². The number of ether oxygens (including phenoxy) is 2. The zero-order valence-corrected chi connectivity index (χ0v) is 15.3. The van der Waals surface area contributed by atoms with Gasteiger partial charge in [-0.05, 0) is 42.8 Å². The summed E-state index contributed by atoms with van der Waals surface area (Å²) in [7, 11) is -2.80. The molecule has 0 bridgehead atoms. The Balaban J connectivity index is 2.31. The van der Waals surface area contributed by atoms with E-state index in [1.807, 2.05) is 0 Å². The molecular weight excluding hydrogens is 368 g/mol. The summed E-state index contributed by atoms with van der Waals surface area (Å²) in [5.41, 5.74) is 0.742.